The molecule has 0 spiro atoms. The third-order valence-electron chi connectivity index (χ3n) is 5.43. The highest BCUT2D eigenvalue weighted by atomic mass is 14.9. The lowest BCUT2D eigenvalue weighted by atomic mass is 9.94. The van der Waals surface area contributed by atoms with Crippen molar-refractivity contribution in [1.29, 1.82) is 0 Å². The topological polar surface area (TPSA) is 24.1 Å². The zero-order valence-electron chi connectivity index (χ0n) is 17.7. The van der Waals surface area contributed by atoms with Crippen molar-refractivity contribution < 1.29 is 0 Å². The van der Waals surface area contributed by atoms with Gasteiger partial charge < -0.3 is 10.6 Å². The molecule has 0 aliphatic rings. The Morgan fingerprint density at radius 3 is 1.34 bits per heavy atom. The summed E-state index contributed by atoms with van der Waals surface area (Å²) in [6.45, 7) is 0. The first-order valence-corrected chi connectivity index (χ1v) is 10.8. The van der Waals surface area contributed by atoms with Crippen LogP contribution in [0, 0.1) is 0 Å². The Hall–Kier alpha value is -4.30. The molecule has 0 unspecified atom stereocenters. The van der Waals surface area contributed by atoms with Crippen LogP contribution >= 0.6 is 0 Å². The molecule has 0 aliphatic heterocycles. The molecule has 0 radical (unpaired) electrons. The first-order valence-electron chi connectivity index (χ1n) is 10.8. The molecule has 154 valence electrons. The van der Waals surface area contributed by atoms with Crippen LogP contribution in [-0.2, 0) is 0 Å². The maximum atomic E-state index is 3.52. The van der Waals surface area contributed by atoms with Gasteiger partial charge in [0.1, 0.15) is 0 Å². The molecule has 5 aromatic rings. The Kier molecular flexibility index (Phi) is 5.67. The van der Waals surface area contributed by atoms with Gasteiger partial charge in [0.05, 0.1) is 0 Å². The molecular weight excluding hydrogens is 388 g/mol. The molecule has 0 aromatic heterocycles. The molecule has 0 saturated heterocycles. The van der Waals surface area contributed by atoms with E-state index in [0.717, 1.165) is 22.7 Å². The summed E-state index contributed by atoms with van der Waals surface area (Å²) in [4.78, 5) is 0. The molecule has 2 N–H and O–H groups in total. The second-order valence-electron chi connectivity index (χ2n) is 7.69. The summed E-state index contributed by atoms with van der Waals surface area (Å²) >= 11 is 0. The van der Waals surface area contributed by atoms with E-state index < -0.39 is 0 Å². The van der Waals surface area contributed by atoms with Gasteiger partial charge in [-0.3, -0.25) is 0 Å². The van der Waals surface area contributed by atoms with Gasteiger partial charge in [0, 0.05) is 22.7 Å². The first-order chi connectivity index (χ1) is 15.8. The third-order valence-corrected chi connectivity index (χ3v) is 5.43. The van der Waals surface area contributed by atoms with E-state index in [0.29, 0.717) is 0 Å². The summed E-state index contributed by atoms with van der Waals surface area (Å²) in [5.41, 5.74) is 9.11. The monoisotopic (exact) mass is 412 g/mol. The van der Waals surface area contributed by atoms with E-state index in [1.807, 2.05) is 36.4 Å². The predicted octanol–water partition coefficient (Wildman–Crippen LogP) is 8.51. The molecule has 5 aromatic carbocycles. The lowest BCUT2D eigenvalue weighted by Gasteiger charge is -2.15. The van der Waals surface area contributed by atoms with Gasteiger partial charge in [0.2, 0.25) is 0 Å². The van der Waals surface area contributed by atoms with Crippen LogP contribution in [0.2, 0.25) is 0 Å². The molecule has 5 rings (SSSR count). The molecular formula is C30H24N2. The summed E-state index contributed by atoms with van der Waals surface area (Å²) in [6.07, 6.45) is 0. The van der Waals surface area contributed by atoms with Crippen LogP contribution in [-0.4, -0.2) is 0 Å². The number of hydrogen-bond donors (Lipinski definition) is 2. The van der Waals surface area contributed by atoms with Gasteiger partial charge in [0.25, 0.3) is 0 Å². The van der Waals surface area contributed by atoms with Crippen molar-refractivity contribution in [1.82, 2.24) is 0 Å². The number of para-hydroxylation sites is 2. The SMILES string of the molecule is c1ccc(Nc2ccc(-c3ccc(Nc4ccccc4)cc3-c3ccccc3)cc2)cc1. The van der Waals surface area contributed by atoms with E-state index in [2.05, 4.69) is 108 Å². The average molecular weight is 413 g/mol. The normalized spacial score (nSPS) is 10.5. The van der Waals surface area contributed by atoms with Crippen molar-refractivity contribution in [3.63, 3.8) is 0 Å². The van der Waals surface area contributed by atoms with Crippen LogP contribution < -0.4 is 10.6 Å². The Labute approximate surface area is 189 Å². The Balaban J connectivity index is 1.48. The van der Waals surface area contributed by atoms with Crippen LogP contribution in [0.1, 0.15) is 0 Å². The van der Waals surface area contributed by atoms with Gasteiger partial charge in [-0.1, -0.05) is 84.9 Å². The maximum absolute atomic E-state index is 3.52. The van der Waals surface area contributed by atoms with Gasteiger partial charge in [0.15, 0.2) is 0 Å². The largest absolute Gasteiger partial charge is 0.356 e. The number of hydrogen-bond acceptors (Lipinski definition) is 2. The smallest absolute Gasteiger partial charge is 0.0390 e. The molecule has 2 heteroatoms. The summed E-state index contributed by atoms with van der Waals surface area (Å²) in [5.74, 6) is 0. The van der Waals surface area contributed by atoms with Crippen LogP contribution in [0.15, 0.2) is 133 Å². The van der Waals surface area contributed by atoms with Crippen molar-refractivity contribution in [3.05, 3.63) is 133 Å². The van der Waals surface area contributed by atoms with Gasteiger partial charge in [-0.05, 0) is 70.8 Å². The second kappa shape index (κ2) is 9.23. The van der Waals surface area contributed by atoms with Gasteiger partial charge >= 0.3 is 0 Å². The summed E-state index contributed by atoms with van der Waals surface area (Å²) in [5, 5.41) is 6.97. The van der Waals surface area contributed by atoms with Crippen LogP contribution in [0.3, 0.4) is 0 Å². The highest BCUT2D eigenvalue weighted by Gasteiger charge is 2.09. The molecule has 0 atom stereocenters. The van der Waals surface area contributed by atoms with E-state index in [9.17, 15) is 0 Å². The molecule has 0 fully saturated rings. The van der Waals surface area contributed by atoms with E-state index in [1.54, 1.807) is 0 Å². The predicted molar refractivity (Wildman–Crippen MR) is 137 cm³/mol. The van der Waals surface area contributed by atoms with Crippen LogP contribution in [0.5, 0.6) is 0 Å². The van der Waals surface area contributed by atoms with Crippen LogP contribution in [0.4, 0.5) is 22.7 Å². The minimum Gasteiger partial charge on any atom is -0.356 e. The average Bonchev–Trinajstić information content (AvgIpc) is 2.86. The van der Waals surface area contributed by atoms with E-state index in [1.165, 1.54) is 22.3 Å². The van der Waals surface area contributed by atoms with Crippen molar-refractivity contribution in [2.24, 2.45) is 0 Å². The van der Waals surface area contributed by atoms with Crippen molar-refractivity contribution >= 4 is 22.7 Å². The van der Waals surface area contributed by atoms with Gasteiger partial charge in [-0.15, -0.1) is 0 Å². The van der Waals surface area contributed by atoms with Crippen molar-refractivity contribution in [2.45, 2.75) is 0 Å². The molecule has 0 amide bonds. The second-order valence-corrected chi connectivity index (χ2v) is 7.69. The van der Waals surface area contributed by atoms with Gasteiger partial charge in [-0.25, -0.2) is 0 Å². The molecule has 0 heterocycles. The van der Waals surface area contributed by atoms with E-state index in [-0.39, 0.29) is 0 Å². The zero-order chi connectivity index (χ0) is 21.6. The molecule has 0 bridgehead atoms. The Morgan fingerprint density at radius 1 is 0.312 bits per heavy atom. The van der Waals surface area contributed by atoms with Crippen molar-refractivity contribution in [2.75, 3.05) is 10.6 Å². The summed E-state index contributed by atoms with van der Waals surface area (Å²) < 4.78 is 0. The highest BCUT2D eigenvalue weighted by molar-refractivity contribution is 5.87. The third kappa shape index (κ3) is 4.55. The van der Waals surface area contributed by atoms with Gasteiger partial charge in [-0.2, -0.15) is 0 Å². The minimum atomic E-state index is 1.07. The quantitative estimate of drug-likeness (QED) is 0.292. The fraction of sp³-hybridized carbons (Fsp3) is 0. The molecule has 0 aliphatic carbocycles. The van der Waals surface area contributed by atoms with Crippen molar-refractivity contribution in [3.8, 4) is 22.3 Å². The summed E-state index contributed by atoms with van der Waals surface area (Å²) in [7, 11) is 0. The highest BCUT2D eigenvalue weighted by Crippen LogP contribution is 2.35. The molecule has 0 saturated carbocycles. The summed E-state index contributed by atoms with van der Waals surface area (Å²) in [6, 6.07) is 46.2. The molecule has 2 nitrogen and oxygen atoms in total. The maximum Gasteiger partial charge on any atom is 0.0390 e. The Bertz CT molecular complexity index is 1280. The number of benzene rings is 5. The fourth-order valence-electron chi connectivity index (χ4n) is 3.84. The molecule has 32 heavy (non-hydrogen) atoms. The number of anilines is 4. The first kappa shape index (κ1) is 19.7. The lowest BCUT2D eigenvalue weighted by molar-refractivity contribution is 1.52. The number of nitrogens with one attached hydrogen (secondary N) is 2. The standard InChI is InChI=1S/C30H24N2/c1-4-10-23(11-5-1)30-22-28(32-26-14-8-3-9-15-26)20-21-29(30)24-16-18-27(19-17-24)31-25-12-6-2-7-13-25/h1-22,31-32H. The minimum absolute atomic E-state index is 1.07. The Morgan fingerprint density at radius 2 is 0.750 bits per heavy atom. The number of rotatable bonds is 6. The lowest BCUT2D eigenvalue weighted by Crippen LogP contribution is -1.93. The zero-order valence-corrected chi connectivity index (χ0v) is 17.7. The fourth-order valence-corrected chi connectivity index (χ4v) is 3.84. The van der Waals surface area contributed by atoms with Crippen LogP contribution in [0.25, 0.3) is 22.3 Å². The van der Waals surface area contributed by atoms with E-state index in [4.69, 9.17) is 0 Å². The van der Waals surface area contributed by atoms with E-state index >= 15 is 0 Å².